The summed E-state index contributed by atoms with van der Waals surface area (Å²) in [6.07, 6.45) is -2.97. The molecule has 0 aliphatic rings. The maximum absolute atomic E-state index is 12.1. The molecule has 0 saturated heterocycles. The molecule has 15 heavy (non-hydrogen) atoms. The van der Waals surface area contributed by atoms with Gasteiger partial charge in [-0.2, -0.15) is 8.78 Å². The van der Waals surface area contributed by atoms with Gasteiger partial charge in [0.05, 0.1) is 0 Å². The van der Waals surface area contributed by atoms with E-state index in [9.17, 15) is 13.6 Å². The molecule has 0 spiro atoms. The first-order valence-corrected chi connectivity index (χ1v) is 4.66. The normalized spacial score (nSPS) is 10.5. The van der Waals surface area contributed by atoms with Gasteiger partial charge in [0.15, 0.2) is 0 Å². The van der Waals surface area contributed by atoms with E-state index in [0.29, 0.717) is 10.6 Å². The Hall–Kier alpha value is -1.16. The molecule has 1 aromatic carbocycles. The van der Waals surface area contributed by atoms with Gasteiger partial charge in [0.2, 0.25) is 0 Å². The van der Waals surface area contributed by atoms with E-state index >= 15 is 0 Å². The van der Waals surface area contributed by atoms with Gasteiger partial charge in [0.1, 0.15) is 0 Å². The molecule has 82 valence electrons. The maximum Gasteiger partial charge on any atom is 0.315 e. The largest absolute Gasteiger partial charge is 0.336 e. The molecule has 0 aliphatic carbocycles. The Morgan fingerprint density at radius 1 is 1.47 bits per heavy atom. The Kier molecular flexibility index (Phi) is 4.03. The molecule has 5 heteroatoms. The Morgan fingerprint density at radius 3 is 2.60 bits per heavy atom. The summed E-state index contributed by atoms with van der Waals surface area (Å²) in [7, 11) is 1.32. The van der Waals surface area contributed by atoms with Gasteiger partial charge in [-0.15, -0.1) is 0 Å². The van der Waals surface area contributed by atoms with Crippen LogP contribution in [0.1, 0.15) is 5.56 Å². The molecule has 2 nitrogen and oxygen atoms in total. The van der Waals surface area contributed by atoms with Gasteiger partial charge in [-0.3, -0.25) is 4.79 Å². The van der Waals surface area contributed by atoms with Crippen molar-refractivity contribution in [2.45, 2.75) is 13.0 Å². The second-order valence-corrected chi connectivity index (χ2v) is 3.49. The summed E-state index contributed by atoms with van der Waals surface area (Å²) in [5, 5.41) is 0.464. The van der Waals surface area contributed by atoms with Gasteiger partial charge in [-0.1, -0.05) is 29.8 Å². The fourth-order valence-electron chi connectivity index (χ4n) is 1.13. The van der Waals surface area contributed by atoms with Crippen molar-refractivity contribution < 1.29 is 13.6 Å². The summed E-state index contributed by atoms with van der Waals surface area (Å²) in [6.45, 7) is 0.0862. The molecular formula is C10H10ClF2NO. The third kappa shape index (κ3) is 3.16. The minimum Gasteiger partial charge on any atom is -0.336 e. The molecule has 0 heterocycles. The molecule has 0 N–H and O–H groups in total. The molecule has 1 amide bonds. The van der Waals surface area contributed by atoms with Crippen molar-refractivity contribution in [3.63, 3.8) is 0 Å². The monoisotopic (exact) mass is 233 g/mol. The van der Waals surface area contributed by atoms with Crippen LogP contribution in [0.3, 0.4) is 0 Å². The standard InChI is InChI=1S/C10H10ClF2NO/c1-14(10(15)9(12)13)6-7-4-2-3-5-8(7)11/h2-5,9H,6H2,1H3. The summed E-state index contributed by atoms with van der Waals surface area (Å²) in [4.78, 5) is 11.8. The number of halogens is 3. The topological polar surface area (TPSA) is 20.3 Å². The maximum atomic E-state index is 12.1. The number of carbonyl (C=O) groups is 1. The van der Waals surface area contributed by atoms with Gasteiger partial charge in [-0.25, -0.2) is 0 Å². The van der Waals surface area contributed by atoms with Crippen molar-refractivity contribution in [3.8, 4) is 0 Å². The van der Waals surface area contributed by atoms with Gasteiger partial charge in [0, 0.05) is 18.6 Å². The van der Waals surface area contributed by atoms with Crippen LogP contribution in [0.2, 0.25) is 5.02 Å². The fraction of sp³-hybridized carbons (Fsp3) is 0.300. The van der Waals surface area contributed by atoms with E-state index < -0.39 is 12.3 Å². The minimum absolute atomic E-state index is 0.0862. The zero-order valence-corrected chi connectivity index (χ0v) is 8.84. The van der Waals surface area contributed by atoms with Crippen LogP contribution in [0.15, 0.2) is 24.3 Å². The van der Waals surface area contributed by atoms with E-state index in [-0.39, 0.29) is 6.54 Å². The molecule has 0 unspecified atom stereocenters. The Labute approximate surface area is 91.4 Å². The van der Waals surface area contributed by atoms with Crippen molar-refractivity contribution in [1.82, 2.24) is 4.90 Å². The van der Waals surface area contributed by atoms with E-state index in [1.54, 1.807) is 24.3 Å². The van der Waals surface area contributed by atoms with E-state index in [4.69, 9.17) is 11.6 Å². The highest BCUT2D eigenvalue weighted by Crippen LogP contribution is 2.16. The summed E-state index contributed by atoms with van der Waals surface area (Å²) in [5.74, 6) is -1.20. The number of rotatable bonds is 3. The zero-order valence-electron chi connectivity index (χ0n) is 8.08. The van der Waals surface area contributed by atoms with Gasteiger partial charge in [0.25, 0.3) is 5.91 Å². The lowest BCUT2D eigenvalue weighted by Gasteiger charge is -2.17. The lowest BCUT2D eigenvalue weighted by atomic mass is 10.2. The van der Waals surface area contributed by atoms with Crippen LogP contribution in [-0.4, -0.2) is 24.3 Å². The smallest absolute Gasteiger partial charge is 0.315 e. The highest BCUT2D eigenvalue weighted by molar-refractivity contribution is 6.31. The first kappa shape index (κ1) is 11.9. The summed E-state index contributed by atoms with van der Waals surface area (Å²) < 4.78 is 24.1. The number of nitrogens with zero attached hydrogens (tertiary/aromatic N) is 1. The van der Waals surface area contributed by atoms with E-state index in [0.717, 1.165) is 4.90 Å². The molecule has 0 bridgehead atoms. The lowest BCUT2D eigenvalue weighted by molar-refractivity contribution is -0.141. The number of carbonyl (C=O) groups excluding carboxylic acids is 1. The van der Waals surface area contributed by atoms with Crippen LogP contribution in [0.25, 0.3) is 0 Å². The molecule has 0 aliphatic heterocycles. The van der Waals surface area contributed by atoms with Crippen LogP contribution < -0.4 is 0 Å². The predicted octanol–water partition coefficient (Wildman–Crippen LogP) is 2.56. The summed E-state index contributed by atoms with van der Waals surface area (Å²) in [5.41, 5.74) is 0.649. The van der Waals surface area contributed by atoms with Crippen molar-refractivity contribution in [3.05, 3.63) is 34.9 Å². The minimum atomic E-state index is -2.97. The van der Waals surface area contributed by atoms with Crippen LogP contribution >= 0.6 is 11.6 Å². The Bertz CT molecular complexity index is 357. The van der Waals surface area contributed by atoms with Crippen LogP contribution in [-0.2, 0) is 11.3 Å². The predicted molar refractivity (Wildman–Crippen MR) is 53.9 cm³/mol. The number of amides is 1. The second kappa shape index (κ2) is 5.07. The molecule has 1 rings (SSSR count). The first-order chi connectivity index (χ1) is 7.02. The number of benzene rings is 1. The lowest BCUT2D eigenvalue weighted by Crippen LogP contribution is -2.31. The average Bonchev–Trinajstić information content (AvgIpc) is 2.20. The average molecular weight is 234 g/mol. The second-order valence-electron chi connectivity index (χ2n) is 3.09. The van der Waals surface area contributed by atoms with Crippen LogP contribution in [0.5, 0.6) is 0 Å². The quantitative estimate of drug-likeness (QED) is 0.786. The Morgan fingerprint density at radius 2 is 2.07 bits per heavy atom. The van der Waals surface area contributed by atoms with E-state index in [1.807, 2.05) is 0 Å². The molecule has 1 aromatic rings. The Balaban J connectivity index is 2.71. The third-order valence-corrected chi connectivity index (χ3v) is 2.30. The molecule has 0 atom stereocenters. The van der Waals surface area contributed by atoms with Crippen molar-refractivity contribution in [1.29, 1.82) is 0 Å². The van der Waals surface area contributed by atoms with Gasteiger partial charge < -0.3 is 4.90 Å². The SMILES string of the molecule is CN(Cc1ccccc1Cl)C(=O)C(F)F. The number of hydrogen-bond donors (Lipinski definition) is 0. The first-order valence-electron chi connectivity index (χ1n) is 4.29. The summed E-state index contributed by atoms with van der Waals surface area (Å²) >= 11 is 5.83. The molecular weight excluding hydrogens is 224 g/mol. The van der Waals surface area contributed by atoms with Gasteiger partial charge in [-0.05, 0) is 11.6 Å². The van der Waals surface area contributed by atoms with Crippen molar-refractivity contribution in [2.24, 2.45) is 0 Å². The molecule has 0 saturated carbocycles. The van der Waals surface area contributed by atoms with Crippen LogP contribution in [0.4, 0.5) is 8.78 Å². The van der Waals surface area contributed by atoms with Crippen molar-refractivity contribution >= 4 is 17.5 Å². The molecule has 0 aromatic heterocycles. The fourth-order valence-corrected chi connectivity index (χ4v) is 1.32. The molecule has 0 radical (unpaired) electrons. The van der Waals surface area contributed by atoms with Gasteiger partial charge >= 0.3 is 6.43 Å². The molecule has 0 fully saturated rings. The van der Waals surface area contributed by atoms with E-state index in [1.165, 1.54) is 7.05 Å². The third-order valence-electron chi connectivity index (χ3n) is 1.93. The zero-order chi connectivity index (χ0) is 11.4. The number of alkyl halides is 2. The van der Waals surface area contributed by atoms with Crippen molar-refractivity contribution in [2.75, 3.05) is 7.05 Å². The summed E-state index contributed by atoms with van der Waals surface area (Å²) in [6, 6.07) is 6.82. The highest BCUT2D eigenvalue weighted by atomic mass is 35.5. The highest BCUT2D eigenvalue weighted by Gasteiger charge is 2.20. The van der Waals surface area contributed by atoms with Crippen LogP contribution in [0, 0.1) is 0 Å². The van der Waals surface area contributed by atoms with E-state index in [2.05, 4.69) is 0 Å². The number of hydrogen-bond acceptors (Lipinski definition) is 1.